The molecule has 0 aromatic heterocycles. The summed E-state index contributed by atoms with van der Waals surface area (Å²) in [5.41, 5.74) is 1.51. The molecule has 2 aliphatic rings. The van der Waals surface area contributed by atoms with E-state index in [4.69, 9.17) is 14.2 Å². The van der Waals surface area contributed by atoms with E-state index in [0.29, 0.717) is 18.8 Å². The lowest BCUT2D eigenvalue weighted by Gasteiger charge is -2.39. The maximum absolute atomic E-state index is 13.0. The first-order valence-electron chi connectivity index (χ1n) is 7.75. The molecule has 0 spiro atoms. The number of hydrogen-bond donors (Lipinski definition) is 1. The summed E-state index contributed by atoms with van der Waals surface area (Å²) in [6, 6.07) is 8.14. The predicted octanol–water partition coefficient (Wildman–Crippen LogP) is 1.93. The van der Waals surface area contributed by atoms with Crippen molar-refractivity contribution in [2.24, 2.45) is 5.92 Å². The number of Topliss-reactive ketones (excluding diaryl/α,β-unsaturated/α-hetero) is 1. The number of hydrogen-bond acceptors (Lipinski definition) is 5. The Bertz CT molecular complexity index is 517. The summed E-state index contributed by atoms with van der Waals surface area (Å²) < 4.78 is 16.2. The van der Waals surface area contributed by atoms with E-state index in [0.717, 1.165) is 18.4 Å². The quantitative estimate of drug-likeness (QED) is 0.665. The van der Waals surface area contributed by atoms with Gasteiger partial charge < -0.3 is 19.5 Å². The first-order chi connectivity index (χ1) is 10.7. The fraction of sp³-hybridized carbons (Fsp3) is 0.588. The second kappa shape index (κ2) is 6.87. The number of fused-ring (bicyclic) bond motifs is 2. The molecule has 2 fully saturated rings. The van der Waals surface area contributed by atoms with Crippen molar-refractivity contribution in [1.82, 2.24) is 5.32 Å². The molecule has 2 heterocycles. The van der Waals surface area contributed by atoms with Crippen molar-refractivity contribution in [2.45, 2.75) is 31.2 Å². The van der Waals surface area contributed by atoms with Crippen molar-refractivity contribution in [3.8, 4) is 0 Å². The maximum Gasteiger partial charge on any atom is 0.183 e. The molecule has 0 aliphatic carbocycles. The van der Waals surface area contributed by atoms with Gasteiger partial charge in [0.15, 0.2) is 12.1 Å². The van der Waals surface area contributed by atoms with E-state index in [9.17, 15) is 4.79 Å². The van der Waals surface area contributed by atoms with Gasteiger partial charge in [-0.25, -0.2) is 0 Å². The van der Waals surface area contributed by atoms with E-state index in [1.165, 1.54) is 0 Å². The number of methoxy groups -OCH3 is 2. The van der Waals surface area contributed by atoms with Crippen molar-refractivity contribution >= 4 is 5.78 Å². The highest BCUT2D eigenvalue weighted by Gasteiger charge is 2.36. The highest BCUT2D eigenvalue weighted by Crippen LogP contribution is 2.30. The van der Waals surface area contributed by atoms with Gasteiger partial charge in [0.1, 0.15) is 0 Å². The van der Waals surface area contributed by atoms with Crippen molar-refractivity contribution in [1.29, 1.82) is 0 Å². The van der Waals surface area contributed by atoms with E-state index in [1.807, 2.05) is 24.3 Å². The first-order valence-corrected chi connectivity index (χ1v) is 7.75. The Kier molecular flexibility index (Phi) is 4.88. The van der Waals surface area contributed by atoms with Crippen LogP contribution in [0.4, 0.5) is 0 Å². The van der Waals surface area contributed by atoms with Gasteiger partial charge in [-0.1, -0.05) is 24.3 Å². The molecule has 0 saturated carbocycles. The predicted molar refractivity (Wildman–Crippen MR) is 81.8 cm³/mol. The number of carbonyl (C=O) groups excluding carboxylic acids is 1. The van der Waals surface area contributed by atoms with Crippen LogP contribution in [0.1, 0.15) is 35.1 Å². The Labute approximate surface area is 130 Å². The molecular weight excluding hydrogens is 282 g/mol. The molecule has 120 valence electrons. The molecule has 2 bridgehead atoms. The standard InChI is InChI=1S/C17H23NO4/c1-20-17(21-2)15-6-4-3-5-14(15)16(19)11-7-12-9-22-10-13(8-11)18-12/h3-6,11-13,17-18H,7-10H2,1-2H3. The van der Waals surface area contributed by atoms with Gasteiger partial charge >= 0.3 is 0 Å². The summed E-state index contributed by atoms with van der Waals surface area (Å²) in [6.07, 6.45) is 1.15. The van der Waals surface area contributed by atoms with Crippen LogP contribution in [-0.2, 0) is 14.2 Å². The minimum absolute atomic E-state index is 0.0377. The molecule has 1 aromatic rings. The average molecular weight is 305 g/mol. The Balaban J connectivity index is 1.83. The number of piperidine rings is 1. The summed E-state index contributed by atoms with van der Waals surface area (Å²) in [5, 5.41) is 3.52. The minimum atomic E-state index is -0.510. The van der Waals surface area contributed by atoms with Crippen LogP contribution in [0.15, 0.2) is 24.3 Å². The van der Waals surface area contributed by atoms with E-state index >= 15 is 0 Å². The zero-order chi connectivity index (χ0) is 15.5. The average Bonchev–Trinajstić information content (AvgIpc) is 2.55. The van der Waals surface area contributed by atoms with Gasteiger partial charge in [-0.3, -0.25) is 4.79 Å². The first kappa shape index (κ1) is 15.6. The second-order valence-corrected chi connectivity index (χ2v) is 6.02. The smallest absolute Gasteiger partial charge is 0.183 e. The summed E-state index contributed by atoms with van der Waals surface area (Å²) in [6.45, 7) is 1.39. The van der Waals surface area contributed by atoms with Gasteiger partial charge in [0, 0.05) is 43.3 Å². The molecule has 22 heavy (non-hydrogen) atoms. The monoisotopic (exact) mass is 305 g/mol. The van der Waals surface area contributed by atoms with Gasteiger partial charge in [-0.2, -0.15) is 0 Å². The zero-order valence-corrected chi connectivity index (χ0v) is 13.1. The summed E-state index contributed by atoms with van der Waals surface area (Å²) >= 11 is 0. The normalized spacial score (nSPS) is 27.9. The van der Waals surface area contributed by atoms with Gasteiger partial charge in [-0.15, -0.1) is 0 Å². The van der Waals surface area contributed by atoms with Crippen molar-refractivity contribution in [3.63, 3.8) is 0 Å². The maximum atomic E-state index is 13.0. The van der Waals surface area contributed by atoms with Crippen LogP contribution in [0.5, 0.6) is 0 Å². The number of ketones is 1. The van der Waals surface area contributed by atoms with Gasteiger partial charge in [0.2, 0.25) is 0 Å². The Morgan fingerprint density at radius 1 is 1.18 bits per heavy atom. The number of carbonyl (C=O) groups is 1. The Hall–Kier alpha value is -1.27. The number of rotatable bonds is 5. The van der Waals surface area contributed by atoms with E-state index in [-0.39, 0.29) is 23.8 Å². The molecule has 5 heteroatoms. The van der Waals surface area contributed by atoms with Crippen LogP contribution in [0.2, 0.25) is 0 Å². The Morgan fingerprint density at radius 3 is 2.45 bits per heavy atom. The van der Waals surface area contributed by atoms with Crippen molar-refractivity contribution in [3.05, 3.63) is 35.4 Å². The molecule has 0 radical (unpaired) electrons. The van der Waals surface area contributed by atoms with Crippen LogP contribution in [0, 0.1) is 5.92 Å². The van der Waals surface area contributed by atoms with Crippen LogP contribution < -0.4 is 5.32 Å². The molecule has 3 rings (SSSR count). The third-order valence-corrected chi connectivity index (χ3v) is 4.53. The third-order valence-electron chi connectivity index (χ3n) is 4.53. The van der Waals surface area contributed by atoms with Crippen molar-refractivity contribution < 1.29 is 19.0 Å². The lowest BCUT2D eigenvalue weighted by Crippen LogP contribution is -2.55. The number of benzene rings is 1. The molecule has 1 N–H and O–H groups in total. The topological polar surface area (TPSA) is 56.8 Å². The summed E-state index contributed by atoms with van der Waals surface area (Å²) in [4.78, 5) is 13.0. The molecule has 2 unspecified atom stereocenters. The lowest BCUT2D eigenvalue weighted by molar-refractivity contribution is -0.106. The molecule has 0 amide bonds. The highest BCUT2D eigenvalue weighted by molar-refractivity contribution is 5.99. The zero-order valence-electron chi connectivity index (χ0n) is 13.1. The van der Waals surface area contributed by atoms with Crippen molar-refractivity contribution in [2.75, 3.05) is 27.4 Å². The molecule has 2 atom stereocenters. The molecular formula is C17H23NO4. The van der Waals surface area contributed by atoms with E-state index in [1.54, 1.807) is 14.2 Å². The molecule has 2 saturated heterocycles. The minimum Gasteiger partial charge on any atom is -0.378 e. The van der Waals surface area contributed by atoms with E-state index in [2.05, 4.69) is 5.32 Å². The van der Waals surface area contributed by atoms with Gasteiger partial charge in [-0.05, 0) is 12.8 Å². The molecule has 1 aromatic carbocycles. The second-order valence-electron chi connectivity index (χ2n) is 6.02. The molecule has 5 nitrogen and oxygen atoms in total. The van der Waals surface area contributed by atoms with Gasteiger partial charge in [0.05, 0.1) is 13.2 Å². The van der Waals surface area contributed by atoms with Crippen LogP contribution in [-0.4, -0.2) is 45.3 Å². The fourth-order valence-corrected chi connectivity index (χ4v) is 3.55. The number of ether oxygens (including phenoxy) is 3. The highest BCUT2D eigenvalue weighted by atomic mass is 16.7. The van der Waals surface area contributed by atoms with Crippen LogP contribution in [0.3, 0.4) is 0 Å². The van der Waals surface area contributed by atoms with Crippen LogP contribution in [0.25, 0.3) is 0 Å². The SMILES string of the molecule is COC(OC)c1ccccc1C(=O)C1CC2COCC(C1)N2. The third kappa shape index (κ3) is 3.08. The number of morpholine rings is 1. The van der Waals surface area contributed by atoms with E-state index < -0.39 is 6.29 Å². The summed E-state index contributed by atoms with van der Waals surface area (Å²) in [5.74, 6) is 0.226. The fourth-order valence-electron chi connectivity index (χ4n) is 3.55. The van der Waals surface area contributed by atoms with Gasteiger partial charge in [0.25, 0.3) is 0 Å². The van der Waals surface area contributed by atoms with Crippen LogP contribution >= 0.6 is 0 Å². The largest absolute Gasteiger partial charge is 0.378 e. The molecule has 2 aliphatic heterocycles. The Morgan fingerprint density at radius 2 is 1.82 bits per heavy atom. The number of nitrogens with one attached hydrogen (secondary N) is 1. The summed E-state index contributed by atoms with van der Waals surface area (Å²) in [7, 11) is 3.17. The lowest BCUT2D eigenvalue weighted by atomic mass is 9.81.